The average Bonchev–Trinajstić information content (AvgIpc) is 2.33. The van der Waals surface area contributed by atoms with Gasteiger partial charge in [0.25, 0.3) is 0 Å². The van der Waals surface area contributed by atoms with Crippen molar-refractivity contribution < 1.29 is 23.0 Å². The molecule has 1 aromatic carbocycles. The molecular weight excluding hydrogens is 256 g/mol. The zero-order chi connectivity index (χ0) is 14.4. The maximum atomic E-state index is 12.4. The van der Waals surface area contributed by atoms with Crippen molar-refractivity contribution >= 4 is 5.97 Å². The summed E-state index contributed by atoms with van der Waals surface area (Å²) in [6.07, 6.45) is -0.217. The molecule has 0 aliphatic carbocycles. The van der Waals surface area contributed by atoms with Gasteiger partial charge in [0.2, 0.25) is 0 Å². The molecule has 1 rings (SSSR count). The third-order valence-corrected chi connectivity index (χ3v) is 2.41. The summed E-state index contributed by atoms with van der Waals surface area (Å²) in [7, 11) is 0. The fourth-order valence-corrected chi connectivity index (χ4v) is 1.59. The van der Waals surface area contributed by atoms with Crippen LogP contribution in [0.2, 0.25) is 0 Å². The largest absolute Gasteiger partial charge is 0.466 e. The Morgan fingerprint density at radius 2 is 2.16 bits per heavy atom. The fraction of sp³-hybridized carbons (Fsp3) is 0.385. The number of hydrogen-bond acceptors (Lipinski definition) is 4. The van der Waals surface area contributed by atoms with Crippen LogP contribution in [0.3, 0.4) is 0 Å². The van der Waals surface area contributed by atoms with E-state index in [-0.39, 0.29) is 29.9 Å². The smallest absolute Gasteiger partial charge is 0.387 e. The van der Waals surface area contributed by atoms with E-state index >= 15 is 0 Å². The van der Waals surface area contributed by atoms with Gasteiger partial charge in [0.15, 0.2) is 0 Å². The minimum atomic E-state index is -3.06. The van der Waals surface area contributed by atoms with Crippen LogP contribution in [0.4, 0.5) is 8.78 Å². The molecule has 0 radical (unpaired) electrons. The highest BCUT2D eigenvalue weighted by Crippen LogP contribution is 2.28. The Hall–Kier alpha value is -2.16. The number of aryl methyl sites for hydroxylation is 1. The van der Waals surface area contributed by atoms with E-state index in [2.05, 4.69) is 4.74 Å². The Balaban J connectivity index is 3.16. The average molecular weight is 269 g/mol. The second-order valence-electron chi connectivity index (χ2n) is 3.72. The lowest BCUT2D eigenvalue weighted by molar-refractivity contribution is -0.142. The predicted octanol–water partition coefficient (Wildman–Crippen LogP) is 2.57. The van der Waals surface area contributed by atoms with Crippen LogP contribution in [-0.4, -0.2) is 19.2 Å². The van der Waals surface area contributed by atoms with Gasteiger partial charge in [0.1, 0.15) is 11.8 Å². The van der Waals surface area contributed by atoms with Gasteiger partial charge >= 0.3 is 12.6 Å². The number of hydrogen-bond donors (Lipinski definition) is 0. The first kappa shape index (κ1) is 14.9. The molecule has 0 aliphatic rings. The molecule has 0 aromatic heterocycles. The van der Waals surface area contributed by atoms with E-state index in [9.17, 15) is 13.6 Å². The van der Waals surface area contributed by atoms with Crippen molar-refractivity contribution in [2.75, 3.05) is 6.61 Å². The van der Waals surface area contributed by atoms with Crippen molar-refractivity contribution in [1.82, 2.24) is 0 Å². The molecule has 4 nitrogen and oxygen atoms in total. The Labute approximate surface area is 109 Å². The van der Waals surface area contributed by atoms with E-state index in [4.69, 9.17) is 10.00 Å². The number of rotatable bonds is 5. The first-order valence-corrected chi connectivity index (χ1v) is 5.62. The van der Waals surface area contributed by atoms with E-state index in [1.807, 2.05) is 0 Å². The van der Waals surface area contributed by atoms with E-state index in [1.54, 1.807) is 26.0 Å². The molecule has 0 N–H and O–H groups in total. The van der Waals surface area contributed by atoms with Gasteiger partial charge in [-0.3, -0.25) is 4.79 Å². The number of esters is 1. The molecule has 0 saturated carbocycles. The number of nitriles is 1. The van der Waals surface area contributed by atoms with Crippen LogP contribution in [0.15, 0.2) is 12.1 Å². The van der Waals surface area contributed by atoms with Crippen LogP contribution in [0.5, 0.6) is 5.75 Å². The van der Waals surface area contributed by atoms with Gasteiger partial charge in [0.05, 0.1) is 18.6 Å². The van der Waals surface area contributed by atoms with E-state index in [0.717, 1.165) is 0 Å². The van der Waals surface area contributed by atoms with Crippen LogP contribution < -0.4 is 4.74 Å². The molecule has 6 heteroatoms. The summed E-state index contributed by atoms with van der Waals surface area (Å²) in [5.41, 5.74) is 0.716. The minimum absolute atomic E-state index is 0.00194. The Morgan fingerprint density at radius 1 is 1.47 bits per heavy atom. The van der Waals surface area contributed by atoms with Gasteiger partial charge in [-0.15, -0.1) is 0 Å². The van der Waals surface area contributed by atoms with Crippen molar-refractivity contribution in [2.24, 2.45) is 0 Å². The zero-order valence-electron chi connectivity index (χ0n) is 10.6. The van der Waals surface area contributed by atoms with Crippen molar-refractivity contribution in [2.45, 2.75) is 26.9 Å². The second kappa shape index (κ2) is 6.69. The number of carbonyl (C=O) groups excluding carboxylic acids is 1. The Morgan fingerprint density at radius 3 is 2.68 bits per heavy atom. The van der Waals surface area contributed by atoms with Crippen LogP contribution in [0.25, 0.3) is 0 Å². The van der Waals surface area contributed by atoms with Gasteiger partial charge in [-0.2, -0.15) is 14.0 Å². The predicted molar refractivity (Wildman–Crippen MR) is 62.9 cm³/mol. The third kappa shape index (κ3) is 3.91. The second-order valence-corrected chi connectivity index (χ2v) is 3.72. The van der Waals surface area contributed by atoms with Crippen molar-refractivity contribution in [3.8, 4) is 11.8 Å². The lowest BCUT2D eigenvalue weighted by Gasteiger charge is -2.13. The van der Waals surface area contributed by atoms with Crippen LogP contribution in [0.1, 0.15) is 23.6 Å². The molecule has 0 unspecified atom stereocenters. The molecule has 102 valence electrons. The van der Waals surface area contributed by atoms with Crippen molar-refractivity contribution in [3.63, 3.8) is 0 Å². The summed E-state index contributed by atoms with van der Waals surface area (Å²) < 4.78 is 33.9. The Bertz CT molecular complexity index is 509. The van der Waals surface area contributed by atoms with Gasteiger partial charge in [-0.05, 0) is 19.4 Å². The number of benzene rings is 1. The molecule has 0 heterocycles. The van der Waals surface area contributed by atoms with E-state index in [1.165, 1.54) is 6.07 Å². The SMILES string of the molecule is CCOC(=O)Cc1ccc(C)c(C#N)c1OC(F)F. The molecule has 1 aromatic rings. The van der Waals surface area contributed by atoms with Gasteiger partial charge < -0.3 is 9.47 Å². The lowest BCUT2D eigenvalue weighted by atomic mass is 10.0. The standard InChI is InChI=1S/C13H13F2NO3/c1-3-18-11(17)6-9-5-4-8(2)10(7-16)12(9)19-13(14)15/h4-5,13H,3,6H2,1-2H3. The Kier molecular flexibility index (Phi) is 5.24. The molecule has 19 heavy (non-hydrogen) atoms. The molecule has 0 spiro atoms. The van der Waals surface area contributed by atoms with Crippen LogP contribution in [0, 0.1) is 18.3 Å². The normalized spacial score (nSPS) is 10.1. The van der Waals surface area contributed by atoms with E-state index in [0.29, 0.717) is 5.56 Å². The van der Waals surface area contributed by atoms with Crippen molar-refractivity contribution in [3.05, 3.63) is 28.8 Å². The quantitative estimate of drug-likeness (QED) is 0.771. The molecule has 0 atom stereocenters. The number of ether oxygens (including phenoxy) is 2. The van der Waals surface area contributed by atoms with E-state index < -0.39 is 12.6 Å². The minimum Gasteiger partial charge on any atom is -0.466 e. The first-order chi connectivity index (χ1) is 8.99. The molecule has 0 aliphatic heterocycles. The summed E-state index contributed by atoms with van der Waals surface area (Å²) in [6.45, 7) is 0.380. The van der Waals surface area contributed by atoms with Crippen LogP contribution >= 0.6 is 0 Å². The molecular formula is C13H13F2NO3. The monoisotopic (exact) mass is 269 g/mol. The maximum absolute atomic E-state index is 12.4. The highest BCUT2D eigenvalue weighted by Gasteiger charge is 2.19. The molecule has 0 fully saturated rings. The summed E-state index contributed by atoms with van der Waals surface area (Å²) in [5.74, 6) is -0.820. The molecule has 0 amide bonds. The topological polar surface area (TPSA) is 59.3 Å². The molecule has 0 bridgehead atoms. The molecule has 0 saturated heterocycles. The lowest BCUT2D eigenvalue weighted by Crippen LogP contribution is -2.12. The highest BCUT2D eigenvalue weighted by molar-refractivity contribution is 5.74. The number of halogens is 2. The van der Waals surface area contributed by atoms with Crippen LogP contribution in [-0.2, 0) is 16.0 Å². The summed E-state index contributed by atoms with van der Waals surface area (Å²) in [5, 5.41) is 8.98. The maximum Gasteiger partial charge on any atom is 0.387 e. The highest BCUT2D eigenvalue weighted by atomic mass is 19.3. The first-order valence-electron chi connectivity index (χ1n) is 5.62. The van der Waals surface area contributed by atoms with Crippen molar-refractivity contribution in [1.29, 1.82) is 5.26 Å². The van der Waals surface area contributed by atoms with Gasteiger partial charge in [-0.25, -0.2) is 0 Å². The summed E-state index contributed by atoms with van der Waals surface area (Å²) in [6, 6.07) is 4.86. The summed E-state index contributed by atoms with van der Waals surface area (Å²) >= 11 is 0. The van der Waals surface area contributed by atoms with Gasteiger partial charge in [0, 0.05) is 5.56 Å². The zero-order valence-corrected chi connectivity index (χ0v) is 10.6. The third-order valence-electron chi connectivity index (χ3n) is 2.41. The summed E-state index contributed by atoms with van der Waals surface area (Å²) in [4.78, 5) is 11.4. The number of carbonyl (C=O) groups is 1. The number of alkyl halides is 2. The van der Waals surface area contributed by atoms with Gasteiger partial charge in [-0.1, -0.05) is 12.1 Å². The number of nitrogens with zero attached hydrogens (tertiary/aromatic N) is 1. The fourth-order valence-electron chi connectivity index (χ4n) is 1.59.